The number of carbonyl (C=O) groups is 1. The predicted molar refractivity (Wildman–Crippen MR) is 143 cm³/mol. The smallest absolute Gasteiger partial charge is 0.409 e. The van der Waals surface area contributed by atoms with Gasteiger partial charge < -0.3 is 4.74 Å². The van der Waals surface area contributed by atoms with Crippen molar-refractivity contribution in [2.75, 3.05) is 6.61 Å². The fourth-order valence-corrected chi connectivity index (χ4v) is 4.99. The van der Waals surface area contributed by atoms with Crippen LogP contribution in [0, 0.1) is 5.92 Å². The van der Waals surface area contributed by atoms with Gasteiger partial charge in [0.15, 0.2) is 0 Å². The molecule has 1 aromatic heterocycles. The summed E-state index contributed by atoms with van der Waals surface area (Å²) >= 11 is 0. The lowest BCUT2D eigenvalue weighted by atomic mass is 9.85. The molecule has 2 aromatic carbocycles. The summed E-state index contributed by atoms with van der Waals surface area (Å²) in [6.45, 7) is 1.48. The van der Waals surface area contributed by atoms with Crippen molar-refractivity contribution in [3.63, 3.8) is 0 Å². The molecule has 5 nitrogen and oxygen atoms in total. The molecule has 0 N–H and O–H groups in total. The van der Waals surface area contributed by atoms with Crippen LogP contribution in [-0.2, 0) is 28.8 Å². The number of fused-ring (bicyclic) bond motifs is 1. The minimum Gasteiger partial charge on any atom is -0.461 e. The average molecular weight is 537 g/mol. The summed E-state index contributed by atoms with van der Waals surface area (Å²) in [5.41, 5.74) is 3.19. The van der Waals surface area contributed by atoms with Crippen LogP contribution < -0.4 is 5.56 Å². The first kappa shape index (κ1) is 28.1. The molecule has 39 heavy (non-hydrogen) atoms. The number of carbonyl (C=O) groups excluding carboxylic acids is 1. The summed E-state index contributed by atoms with van der Waals surface area (Å²) < 4.78 is 43.5. The van der Waals surface area contributed by atoms with E-state index in [1.54, 1.807) is 4.57 Å². The van der Waals surface area contributed by atoms with Crippen LogP contribution in [0.1, 0.15) is 54.0 Å². The van der Waals surface area contributed by atoms with Crippen LogP contribution in [0.4, 0.5) is 13.2 Å². The summed E-state index contributed by atoms with van der Waals surface area (Å²) in [7, 11) is 0. The zero-order valence-corrected chi connectivity index (χ0v) is 21.7. The van der Waals surface area contributed by atoms with Crippen molar-refractivity contribution < 1.29 is 22.7 Å². The van der Waals surface area contributed by atoms with Gasteiger partial charge in [-0.3, -0.25) is 14.2 Å². The monoisotopic (exact) mass is 536 g/mol. The van der Waals surface area contributed by atoms with Gasteiger partial charge in [0.1, 0.15) is 12.4 Å². The molecule has 0 saturated carbocycles. The van der Waals surface area contributed by atoms with Crippen LogP contribution in [0.2, 0.25) is 0 Å². The Morgan fingerprint density at radius 2 is 1.72 bits per heavy atom. The van der Waals surface area contributed by atoms with Gasteiger partial charge in [-0.2, -0.15) is 13.2 Å². The van der Waals surface area contributed by atoms with E-state index in [1.165, 1.54) is 0 Å². The molecule has 1 aliphatic carbocycles. The maximum Gasteiger partial charge on any atom is 0.409 e. The number of rotatable bonds is 9. The van der Waals surface area contributed by atoms with Gasteiger partial charge in [-0.1, -0.05) is 72.8 Å². The summed E-state index contributed by atoms with van der Waals surface area (Å²) in [5.74, 6) is -0.0333. The third-order valence-electron chi connectivity index (χ3n) is 6.78. The van der Waals surface area contributed by atoms with Crippen molar-refractivity contribution in [1.82, 2.24) is 9.55 Å². The maximum atomic E-state index is 14.1. The Morgan fingerprint density at radius 3 is 2.31 bits per heavy atom. The number of alkyl halides is 3. The first-order chi connectivity index (χ1) is 18.8. The minimum absolute atomic E-state index is 0.0521. The number of allylic oxidation sites excluding steroid dienone is 3. The number of halogens is 3. The molecule has 0 bridgehead atoms. The summed E-state index contributed by atoms with van der Waals surface area (Å²) in [6.07, 6.45) is 2.29. The van der Waals surface area contributed by atoms with Gasteiger partial charge >= 0.3 is 12.1 Å². The molecule has 204 valence electrons. The number of nitrogens with zero attached hydrogens (tertiary/aromatic N) is 2. The Labute approximate surface area is 225 Å². The van der Waals surface area contributed by atoms with Crippen LogP contribution in [0.5, 0.6) is 0 Å². The largest absolute Gasteiger partial charge is 0.461 e. The van der Waals surface area contributed by atoms with Gasteiger partial charge in [-0.25, -0.2) is 4.98 Å². The lowest BCUT2D eigenvalue weighted by molar-refractivity contribution is -0.143. The molecule has 3 aromatic rings. The van der Waals surface area contributed by atoms with E-state index in [2.05, 4.69) is 0 Å². The van der Waals surface area contributed by atoms with Crippen LogP contribution in [0.15, 0.2) is 89.8 Å². The topological polar surface area (TPSA) is 61.2 Å². The first-order valence-electron chi connectivity index (χ1n) is 13.0. The summed E-state index contributed by atoms with van der Waals surface area (Å²) in [4.78, 5) is 31.3. The van der Waals surface area contributed by atoms with Crippen molar-refractivity contribution in [2.45, 2.75) is 51.2 Å². The molecule has 1 unspecified atom stereocenters. The molecule has 0 saturated heterocycles. The van der Waals surface area contributed by atoms with Gasteiger partial charge in [-0.15, -0.1) is 0 Å². The second kappa shape index (κ2) is 12.7. The second-order valence-electron chi connectivity index (χ2n) is 9.57. The van der Waals surface area contributed by atoms with Crippen LogP contribution in [-0.4, -0.2) is 28.3 Å². The number of ether oxygens (including phenoxy) is 1. The molecular formula is C31H31F3N2O3. The number of aromatic nitrogens is 2. The Balaban J connectivity index is 1.64. The lowest BCUT2D eigenvalue weighted by Gasteiger charge is -2.28. The number of hydrogen-bond acceptors (Lipinski definition) is 4. The molecule has 0 radical (unpaired) electrons. The fraction of sp³-hybridized carbons (Fsp3) is 0.323. The zero-order valence-electron chi connectivity index (χ0n) is 21.7. The molecule has 0 spiro atoms. The lowest BCUT2D eigenvalue weighted by Crippen LogP contribution is -2.36. The third-order valence-corrected chi connectivity index (χ3v) is 6.78. The predicted octanol–water partition coefficient (Wildman–Crippen LogP) is 6.16. The van der Waals surface area contributed by atoms with Crippen LogP contribution in [0.3, 0.4) is 0 Å². The van der Waals surface area contributed by atoms with Crippen molar-refractivity contribution in [3.05, 3.63) is 124 Å². The van der Waals surface area contributed by atoms with E-state index < -0.39 is 18.8 Å². The summed E-state index contributed by atoms with van der Waals surface area (Å²) in [5, 5.41) is 0. The van der Waals surface area contributed by atoms with Crippen molar-refractivity contribution in [3.8, 4) is 0 Å². The molecule has 0 fully saturated rings. The van der Waals surface area contributed by atoms with E-state index in [0.29, 0.717) is 42.8 Å². The number of esters is 1. The first-order valence-corrected chi connectivity index (χ1v) is 13.0. The van der Waals surface area contributed by atoms with E-state index >= 15 is 0 Å². The van der Waals surface area contributed by atoms with Gasteiger partial charge in [0.2, 0.25) is 0 Å². The standard InChI is InChI=1S/C31H31F3N2O3/c1-2-3-15-27-35-26-20-22(21-28(37)39-19-10-18-31(32,33)34)16-17-25(26)30(38)36(27)29(23-11-6-4-7-12-23)24-13-8-5-9-14-24/h2-14,18,22,29H,15-17,19-21H2,1H3/b3-2+,18-10+. The Kier molecular flexibility index (Phi) is 9.17. The van der Waals surface area contributed by atoms with Crippen LogP contribution in [0.25, 0.3) is 0 Å². The molecule has 4 rings (SSSR count). The molecule has 1 aliphatic rings. The highest BCUT2D eigenvalue weighted by molar-refractivity contribution is 5.69. The molecular weight excluding hydrogens is 505 g/mol. The normalized spacial score (nSPS) is 15.7. The summed E-state index contributed by atoms with van der Waals surface area (Å²) in [6, 6.07) is 19.4. The average Bonchev–Trinajstić information content (AvgIpc) is 2.92. The Bertz CT molecular complexity index is 1340. The second-order valence-corrected chi connectivity index (χ2v) is 9.57. The molecule has 0 amide bonds. The highest BCUT2D eigenvalue weighted by Crippen LogP contribution is 2.30. The Hall–Kier alpha value is -3.94. The van der Waals surface area contributed by atoms with Crippen molar-refractivity contribution in [1.29, 1.82) is 0 Å². The highest BCUT2D eigenvalue weighted by Gasteiger charge is 2.29. The zero-order chi connectivity index (χ0) is 27.8. The molecule has 1 atom stereocenters. The fourth-order valence-electron chi connectivity index (χ4n) is 4.99. The maximum absolute atomic E-state index is 14.1. The van der Waals surface area contributed by atoms with Gasteiger partial charge in [-0.05, 0) is 49.3 Å². The van der Waals surface area contributed by atoms with Crippen LogP contribution >= 0.6 is 0 Å². The van der Waals surface area contributed by atoms with E-state index in [0.717, 1.165) is 17.2 Å². The van der Waals surface area contributed by atoms with Gasteiger partial charge in [0, 0.05) is 24.5 Å². The van der Waals surface area contributed by atoms with E-state index in [4.69, 9.17) is 9.72 Å². The highest BCUT2D eigenvalue weighted by atomic mass is 19.4. The van der Waals surface area contributed by atoms with Gasteiger partial charge in [0.25, 0.3) is 5.56 Å². The number of hydrogen-bond donors (Lipinski definition) is 0. The minimum atomic E-state index is -4.44. The van der Waals surface area contributed by atoms with Crippen molar-refractivity contribution >= 4 is 5.97 Å². The van der Waals surface area contributed by atoms with E-state index in [-0.39, 0.29) is 30.0 Å². The third kappa shape index (κ3) is 7.34. The molecule has 8 heteroatoms. The SMILES string of the molecule is C/C=C/Cc1nc2c(c(=O)n1C(c1ccccc1)c1ccccc1)CCC(CC(=O)OC/C=C/C(F)(F)F)C2. The van der Waals surface area contributed by atoms with E-state index in [1.807, 2.05) is 79.7 Å². The molecule has 0 aliphatic heterocycles. The quantitative estimate of drug-likeness (QED) is 0.243. The Morgan fingerprint density at radius 1 is 1.08 bits per heavy atom. The molecule has 1 heterocycles. The van der Waals surface area contributed by atoms with Crippen molar-refractivity contribution in [2.24, 2.45) is 5.92 Å². The van der Waals surface area contributed by atoms with E-state index in [9.17, 15) is 22.8 Å². The van der Waals surface area contributed by atoms with Gasteiger partial charge in [0.05, 0.1) is 11.7 Å². The number of benzene rings is 2.